The summed E-state index contributed by atoms with van der Waals surface area (Å²) < 4.78 is 13.3. The van der Waals surface area contributed by atoms with E-state index in [2.05, 4.69) is 10.6 Å². The number of amides is 1. The van der Waals surface area contributed by atoms with Crippen LogP contribution in [0.1, 0.15) is 31.2 Å². The summed E-state index contributed by atoms with van der Waals surface area (Å²) in [5.41, 5.74) is 0.645. The van der Waals surface area contributed by atoms with Crippen LogP contribution in [0.4, 0.5) is 4.39 Å². The summed E-state index contributed by atoms with van der Waals surface area (Å²) >= 11 is 0. The molecule has 104 valence electrons. The number of hydrogen-bond acceptors (Lipinski definition) is 2. The van der Waals surface area contributed by atoms with Gasteiger partial charge in [0.15, 0.2) is 0 Å². The fourth-order valence-electron chi connectivity index (χ4n) is 2.47. The van der Waals surface area contributed by atoms with Crippen LogP contribution in [0.3, 0.4) is 0 Å². The van der Waals surface area contributed by atoms with Crippen LogP contribution in [0.2, 0.25) is 0 Å². The lowest BCUT2D eigenvalue weighted by molar-refractivity contribution is -0.120. The van der Waals surface area contributed by atoms with Crippen LogP contribution in [0, 0.1) is 5.82 Å². The molecule has 0 atom stereocenters. The molecule has 2 N–H and O–H groups in total. The Morgan fingerprint density at radius 3 is 2.74 bits per heavy atom. The van der Waals surface area contributed by atoms with E-state index in [1.807, 2.05) is 6.07 Å². The van der Waals surface area contributed by atoms with Gasteiger partial charge >= 0.3 is 0 Å². The molecule has 0 aliphatic heterocycles. The minimum atomic E-state index is -0.208. The molecule has 0 spiro atoms. The third-order valence-electron chi connectivity index (χ3n) is 3.58. The van der Waals surface area contributed by atoms with E-state index >= 15 is 0 Å². The largest absolute Gasteiger partial charge is 0.355 e. The van der Waals surface area contributed by atoms with Crippen molar-refractivity contribution in [1.29, 1.82) is 0 Å². The average Bonchev–Trinajstić information content (AvgIpc) is 2.92. The van der Waals surface area contributed by atoms with Crippen molar-refractivity contribution in [2.75, 3.05) is 13.1 Å². The van der Waals surface area contributed by atoms with E-state index in [9.17, 15) is 9.18 Å². The molecule has 0 unspecified atom stereocenters. The Bertz CT molecular complexity index is 416. The molecular formula is C15H21FN2O. The summed E-state index contributed by atoms with van der Waals surface area (Å²) in [7, 11) is 0. The van der Waals surface area contributed by atoms with E-state index in [-0.39, 0.29) is 11.7 Å². The third-order valence-corrected chi connectivity index (χ3v) is 3.58. The molecule has 1 fully saturated rings. The summed E-state index contributed by atoms with van der Waals surface area (Å²) in [6, 6.07) is 7.17. The Morgan fingerprint density at radius 2 is 2.00 bits per heavy atom. The topological polar surface area (TPSA) is 41.1 Å². The number of halogens is 1. The molecule has 1 amide bonds. The molecule has 0 bridgehead atoms. The SMILES string of the molecule is O=C(CNC1CCCC1)NCCc1ccccc1F. The lowest BCUT2D eigenvalue weighted by Gasteiger charge is -2.11. The van der Waals surface area contributed by atoms with E-state index < -0.39 is 0 Å². The lowest BCUT2D eigenvalue weighted by Crippen LogP contribution is -2.38. The molecule has 1 saturated carbocycles. The molecule has 1 aliphatic rings. The zero-order valence-corrected chi connectivity index (χ0v) is 11.1. The highest BCUT2D eigenvalue weighted by Gasteiger charge is 2.14. The molecule has 0 aromatic heterocycles. The summed E-state index contributed by atoms with van der Waals surface area (Å²) in [6.45, 7) is 0.841. The molecule has 4 heteroatoms. The predicted octanol–water partition coefficient (Wildman–Crippen LogP) is 2.02. The van der Waals surface area contributed by atoms with Gasteiger partial charge in [0.2, 0.25) is 5.91 Å². The van der Waals surface area contributed by atoms with Crippen molar-refractivity contribution in [1.82, 2.24) is 10.6 Å². The summed E-state index contributed by atoms with van der Waals surface area (Å²) in [5, 5.41) is 6.07. The molecule has 2 rings (SSSR count). The second kappa shape index (κ2) is 7.24. The second-order valence-electron chi connectivity index (χ2n) is 5.05. The van der Waals surface area contributed by atoms with Crippen molar-refractivity contribution in [3.05, 3.63) is 35.6 Å². The molecule has 0 heterocycles. The Hall–Kier alpha value is -1.42. The van der Waals surface area contributed by atoms with Crippen LogP contribution in [0.5, 0.6) is 0 Å². The first-order valence-electron chi connectivity index (χ1n) is 6.99. The number of nitrogens with one attached hydrogen (secondary N) is 2. The average molecular weight is 264 g/mol. The van der Waals surface area contributed by atoms with Gasteiger partial charge in [-0.15, -0.1) is 0 Å². The van der Waals surface area contributed by atoms with Crippen molar-refractivity contribution >= 4 is 5.91 Å². The van der Waals surface area contributed by atoms with Gasteiger partial charge < -0.3 is 10.6 Å². The fraction of sp³-hybridized carbons (Fsp3) is 0.533. The van der Waals surface area contributed by atoms with Crippen LogP contribution in [0.25, 0.3) is 0 Å². The van der Waals surface area contributed by atoms with Gasteiger partial charge in [0.1, 0.15) is 5.82 Å². The van der Waals surface area contributed by atoms with Gasteiger partial charge in [-0.3, -0.25) is 4.79 Å². The van der Waals surface area contributed by atoms with Crippen LogP contribution < -0.4 is 10.6 Å². The van der Waals surface area contributed by atoms with E-state index in [1.165, 1.54) is 31.7 Å². The molecular weight excluding hydrogens is 243 g/mol. The van der Waals surface area contributed by atoms with Gasteiger partial charge in [0.25, 0.3) is 0 Å². The van der Waals surface area contributed by atoms with E-state index in [0.29, 0.717) is 31.1 Å². The molecule has 3 nitrogen and oxygen atoms in total. The van der Waals surface area contributed by atoms with Crippen molar-refractivity contribution in [3.63, 3.8) is 0 Å². The summed E-state index contributed by atoms with van der Waals surface area (Å²) in [6.07, 6.45) is 5.38. The number of carbonyl (C=O) groups excluding carboxylic acids is 1. The standard InChI is InChI=1S/C15H21FN2O/c16-14-8-4-1-5-12(14)9-10-17-15(19)11-18-13-6-2-3-7-13/h1,4-5,8,13,18H,2-3,6-7,9-11H2,(H,17,19). The quantitative estimate of drug-likeness (QED) is 0.825. The maximum atomic E-state index is 13.3. The predicted molar refractivity (Wildman–Crippen MR) is 73.4 cm³/mol. The third kappa shape index (κ3) is 4.63. The first-order valence-corrected chi connectivity index (χ1v) is 6.99. The zero-order valence-electron chi connectivity index (χ0n) is 11.1. The van der Waals surface area contributed by atoms with Gasteiger partial charge in [-0.05, 0) is 30.9 Å². The van der Waals surface area contributed by atoms with E-state index in [4.69, 9.17) is 0 Å². The highest BCUT2D eigenvalue weighted by atomic mass is 19.1. The molecule has 19 heavy (non-hydrogen) atoms. The molecule has 1 aliphatic carbocycles. The zero-order chi connectivity index (χ0) is 13.5. The monoisotopic (exact) mass is 264 g/mol. The Balaban J connectivity index is 1.62. The van der Waals surface area contributed by atoms with Crippen molar-refractivity contribution < 1.29 is 9.18 Å². The van der Waals surface area contributed by atoms with Gasteiger partial charge in [-0.2, -0.15) is 0 Å². The van der Waals surface area contributed by atoms with Gasteiger partial charge in [-0.1, -0.05) is 31.0 Å². The van der Waals surface area contributed by atoms with E-state index in [0.717, 1.165) is 0 Å². The minimum Gasteiger partial charge on any atom is -0.355 e. The highest BCUT2D eigenvalue weighted by Crippen LogP contribution is 2.17. The Labute approximate surface area is 113 Å². The minimum absolute atomic E-state index is 0.0109. The fourth-order valence-corrected chi connectivity index (χ4v) is 2.47. The van der Waals surface area contributed by atoms with E-state index in [1.54, 1.807) is 12.1 Å². The summed E-state index contributed by atoms with van der Waals surface area (Å²) in [4.78, 5) is 11.6. The maximum Gasteiger partial charge on any atom is 0.233 e. The van der Waals surface area contributed by atoms with Crippen LogP contribution in [-0.2, 0) is 11.2 Å². The van der Waals surface area contributed by atoms with Crippen LogP contribution in [0.15, 0.2) is 24.3 Å². The van der Waals surface area contributed by atoms with Crippen LogP contribution >= 0.6 is 0 Å². The first-order chi connectivity index (χ1) is 9.25. The normalized spacial score (nSPS) is 15.6. The first kappa shape index (κ1) is 14.0. The number of carbonyl (C=O) groups is 1. The van der Waals surface area contributed by atoms with Crippen molar-refractivity contribution in [2.24, 2.45) is 0 Å². The van der Waals surface area contributed by atoms with Gasteiger partial charge in [-0.25, -0.2) is 4.39 Å². The smallest absolute Gasteiger partial charge is 0.233 e. The maximum absolute atomic E-state index is 13.3. The van der Waals surface area contributed by atoms with Gasteiger partial charge in [0.05, 0.1) is 6.54 Å². The number of benzene rings is 1. The Morgan fingerprint density at radius 1 is 1.26 bits per heavy atom. The highest BCUT2D eigenvalue weighted by molar-refractivity contribution is 5.78. The lowest BCUT2D eigenvalue weighted by atomic mass is 10.1. The van der Waals surface area contributed by atoms with Crippen LogP contribution in [-0.4, -0.2) is 25.0 Å². The van der Waals surface area contributed by atoms with Gasteiger partial charge in [0, 0.05) is 12.6 Å². The summed E-state index contributed by atoms with van der Waals surface area (Å²) in [5.74, 6) is -0.218. The second-order valence-corrected chi connectivity index (χ2v) is 5.05. The van der Waals surface area contributed by atoms with Crippen molar-refractivity contribution in [2.45, 2.75) is 38.1 Å². The molecule has 0 saturated heterocycles. The molecule has 1 aromatic rings. The molecule has 0 radical (unpaired) electrons. The number of hydrogen-bond donors (Lipinski definition) is 2. The Kier molecular flexibility index (Phi) is 5.33. The molecule has 1 aromatic carbocycles. The van der Waals surface area contributed by atoms with Crippen molar-refractivity contribution in [3.8, 4) is 0 Å². The number of rotatable bonds is 6.